The van der Waals surface area contributed by atoms with E-state index < -0.39 is 5.97 Å². The zero-order chi connectivity index (χ0) is 15.2. The first-order valence-corrected chi connectivity index (χ1v) is 8.88. The van der Waals surface area contributed by atoms with Gasteiger partial charge in [-0.25, -0.2) is 0 Å². The molecular weight excluding hydrogens is 248 g/mol. The second-order valence-corrected chi connectivity index (χ2v) is 6.24. The van der Waals surface area contributed by atoms with E-state index in [0.717, 1.165) is 25.7 Å². The Hall–Kier alpha value is -0.530. The summed E-state index contributed by atoms with van der Waals surface area (Å²) in [5, 5.41) is 9.38. The van der Waals surface area contributed by atoms with Gasteiger partial charge in [0.05, 0.1) is 5.92 Å². The van der Waals surface area contributed by atoms with Gasteiger partial charge in [0.25, 0.3) is 0 Å². The average Bonchev–Trinajstić information content (AvgIpc) is 2.44. The smallest absolute Gasteiger partial charge is 0.306 e. The third kappa shape index (κ3) is 10.3. The molecule has 2 atom stereocenters. The van der Waals surface area contributed by atoms with E-state index in [0.29, 0.717) is 5.92 Å². The lowest BCUT2D eigenvalue weighted by Gasteiger charge is -2.19. The quantitative estimate of drug-likeness (QED) is 0.394. The second-order valence-electron chi connectivity index (χ2n) is 6.24. The van der Waals surface area contributed by atoms with E-state index in [4.69, 9.17) is 0 Å². The Bertz CT molecular complexity index is 225. The molecule has 0 spiro atoms. The van der Waals surface area contributed by atoms with Gasteiger partial charge in [-0.05, 0) is 18.8 Å². The zero-order valence-electron chi connectivity index (χ0n) is 14.0. The van der Waals surface area contributed by atoms with Gasteiger partial charge < -0.3 is 5.11 Å². The van der Waals surface area contributed by atoms with Crippen LogP contribution in [-0.2, 0) is 4.79 Å². The van der Waals surface area contributed by atoms with Crippen molar-refractivity contribution in [1.29, 1.82) is 0 Å². The van der Waals surface area contributed by atoms with Gasteiger partial charge in [-0.15, -0.1) is 0 Å². The van der Waals surface area contributed by atoms with Gasteiger partial charge in [0.15, 0.2) is 0 Å². The van der Waals surface area contributed by atoms with Crippen molar-refractivity contribution in [3.8, 4) is 0 Å². The van der Waals surface area contributed by atoms with E-state index in [1.165, 1.54) is 51.4 Å². The molecule has 0 aromatic carbocycles. The Balaban J connectivity index is 3.93. The van der Waals surface area contributed by atoms with Crippen LogP contribution in [0.25, 0.3) is 0 Å². The fraction of sp³-hybridized carbons (Fsp3) is 0.944. The van der Waals surface area contributed by atoms with Crippen LogP contribution in [-0.4, -0.2) is 11.1 Å². The highest BCUT2D eigenvalue weighted by atomic mass is 16.4. The monoisotopic (exact) mass is 284 g/mol. The van der Waals surface area contributed by atoms with Crippen molar-refractivity contribution in [3.63, 3.8) is 0 Å². The van der Waals surface area contributed by atoms with Crippen molar-refractivity contribution in [2.45, 2.75) is 97.8 Å². The summed E-state index contributed by atoms with van der Waals surface area (Å²) in [6, 6.07) is 0. The first-order chi connectivity index (χ1) is 9.65. The zero-order valence-corrected chi connectivity index (χ0v) is 14.0. The highest BCUT2D eigenvalue weighted by Gasteiger charge is 2.21. The molecule has 2 unspecified atom stereocenters. The van der Waals surface area contributed by atoms with Crippen LogP contribution in [0.15, 0.2) is 0 Å². The van der Waals surface area contributed by atoms with Gasteiger partial charge in [0.1, 0.15) is 0 Å². The maximum atomic E-state index is 11.4. The summed E-state index contributed by atoms with van der Waals surface area (Å²) in [5.41, 5.74) is 0. The third-order valence-corrected chi connectivity index (χ3v) is 4.42. The first-order valence-electron chi connectivity index (χ1n) is 8.88. The fourth-order valence-corrected chi connectivity index (χ4v) is 2.90. The topological polar surface area (TPSA) is 37.3 Å². The van der Waals surface area contributed by atoms with Crippen molar-refractivity contribution < 1.29 is 9.90 Å². The van der Waals surface area contributed by atoms with E-state index in [9.17, 15) is 9.90 Å². The van der Waals surface area contributed by atoms with Gasteiger partial charge >= 0.3 is 5.97 Å². The van der Waals surface area contributed by atoms with Crippen LogP contribution in [0.2, 0.25) is 0 Å². The number of aliphatic carboxylic acids is 1. The Morgan fingerprint density at radius 2 is 1.45 bits per heavy atom. The molecule has 120 valence electrons. The molecule has 0 amide bonds. The van der Waals surface area contributed by atoms with Crippen LogP contribution < -0.4 is 0 Å². The predicted octanol–water partition coefficient (Wildman–Crippen LogP) is 6.04. The largest absolute Gasteiger partial charge is 0.481 e. The molecular formula is C18H36O2. The fourth-order valence-electron chi connectivity index (χ4n) is 2.90. The molecule has 0 bridgehead atoms. The first kappa shape index (κ1) is 19.5. The van der Waals surface area contributed by atoms with E-state index >= 15 is 0 Å². The van der Waals surface area contributed by atoms with Crippen molar-refractivity contribution >= 4 is 5.97 Å². The highest BCUT2D eigenvalue weighted by Crippen LogP contribution is 2.25. The minimum absolute atomic E-state index is 0.108. The third-order valence-electron chi connectivity index (χ3n) is 4.42. The summed E-state index contributed by atoms with van der Waals surface area (Å²) in [5.74, 6) is -0.0763. The van der Waals surface area contributed by atoms with E-state index in [2.05, 4.69) is 20.8 Å². The summed E-state index contributed by atoms with van der Waals surface area (Å²) in [7, 11) is 0. The van der Waals surface area contributed by atoms with Gasteiger partial charge in [-0.1, -0.05) is 85.0 Å². The van der Waals surface area contributed by atoms with E-state index in [-0.39, 0.29) is 5.92 Å². The summed E-state index contributed by atoms with van der Waals surface area (Å²) >= 11 is 0. The molecule has 20 heavy (non-hydrogen) atoms. The molecule has 0 aromatic rings. The van der Waals surface area contributed by atoms with Crippen LogP contribution in [0.5, 0.6) is 0 Å². The number of unbranched alkanes of at least 4 members (excludes halogenated alkanes) is 6. The SMILES string of the molecule is CCCCCCCCC(CC(CC)CCCC)C(=O)O. The second kappa shape index (κ2) is 13.5. The molecule has 0 aromatic heterocycles. The molecule has 0 rings (SSSR count). The van der Waals surface area contributed by atoms with E-state index in [1.807, 2.05) is 0 Å². The Morgan fingerprint density at radius 3 is 2.00 bits per heavy atom. The van der Waals surface area contributed by atoms with Crippen LogP contribution in [0.3, 0.4) is 0 Å². The minimum Gasteiger partial charge on any atom is -0.481 e. The maximum absolute atomic E-state index is 11.4. The number of carboxylic acid groups (broad SMARTS) is 1. The lowest BCUT2D eigenvalue weighted by molar-refractivity contribution is -0.142. The molecule has 0 saturated heterocycles. The van der Waals surface area contributed by atoms with Crippen molar-refractivity contribution in [2.24, 2.45) is 11.8 Å². The van der Waals surface area contributed by atoms with Crippen LogP contribution in [0, 0.1) is 11.8 Å². The number of hydrogen-bond acceptors (Lipinski definition) is 1. The van der Waals surface area contributed by atoms with Crippen LogP contribution >= 0.6 is 0 Å². The maximum Gasteiger partial charge on any atom is 0.306 e. The molecule has 0 heterocycles. The number of hydrogen-bond donors (Lipinski definition) is 1. The number of carboxylic acids is 1. The molecule has 0 radical (unpaired) electrons. The number of carbonyl (C=O) groups is 1. The van der Waals surface area contributed by atoms with Gasteiger partial charge in [-0.2, -0.15) is 0 Å². The summed E-state index contributed by atoms with van der Waals surface area (Å²) < 4.78 is 0. The molecule has 0 aliphatic heterocycles. The Labute approximate surface area is 126 Å². The van der Waals surface area contributed by atoms with Crippen LogP contribution in [0.4, 0.5) is 0 Å². The molecule has 2 heteroatoms. The van der Waals surface area contributed by atoms with Crippen molar-refractivity contribution in [2.75, 3.05) is 0 Å². The molecule has 0 aliphatic rings. The molecule has 0 saturated carbocycles. The molecule has 1 N–H and O–H groups in total. The lowest BCUT2D eigenvalue weighted by atomic mass is 9.86. The predicted molar refractivity (Wildman–Crippen MR) is 87.0 cm³/mol. The Kier molecular flexibility index (Phi) is 13.1. The van der Waals surface area contributed by atoms with Gasteiger partial charge in [0, 0.05) is 0 Å². The van der Waals surface area contributed by atoms with Crippen molar-refractivity contribution in [3.05, 3.63) is 0 Å². The molecule has 0 fully saturated rings. The summed E-state index contributed by atoms with van der Waals surface area (Å²) in [4.78, 5) is 11.4. The summed E-state index contributed by atoms with van der Waals surface area (Å²) in [6.07, 6.45) is 14.0. The van der Waals surface area contributed by atoms with Crippen LogP contribution in [0.1, 0.15) is 97.8 Å². The van der Waals surface area contributed by atoms with Crippen molar-refractivity contribution in [1.82, 2.24) is 0 Å². The summed E-state index contributed by atoms with van der Waals surface area (Å²) in [6.45, 7) is 6.63. The Morgan fingerprint density at radius 1 is 0.850 bits per heavy atom. The number of rotatable bonds is 14. The standard InChI is InChI=1S/C18H36O2/c1-4-7-9-10-11-12-14-17(18(19)20)15-16(6-3)13-8-5-2/h16-17H,4-15H2,1-3H3,(H,19,20). The van der Waals surface area contributed by atoms with Gasteiger partial charge in [-0.3, -0.25) is 4.79 Å². The lowest BCUT2D eigenvalue weighted by Crippen LogP contribution is -2.18. The molecule has 2 nitrogen and oxygen atoms in total. The highest BCUT2D eigenvalue weighted by molar-refractivity contribution is 5.69. The average molecular weight is 284 g/mol. The minimum atomic E-state index is -0.575. The van der Waals surface area contributed by atoms with Gasteiger partial charge in [0.2, 0.25) is 0 Å². The normalized spacial score (nSPS) is 14.2. The van der Waals surface area contributed by atoms with E-state index in [1.54, 1.807) is 0 Å². The molecule has 0 aliphatic carbocycles.